The zero-order valence-electron chi connectivity index (χ0n) is 18.4. The third-order valence-corrected chi connectivity index (χ3v) is 6.61. The van der Waals surface area contributed by atoms with Gasteiger partial charge in [0, 0.05) is 29.8 Å². The van der Waals surface area contributed by atoms with Crippen LogP contribution >= 0.6 is 0 Å². The van der Waals surface area contributed by atoms with Crippen LogP contribution in [0.15, 0.2) is 60.8 Å². The maximum atomic E-state index is 13.5. The van der Waals surface area contributed by atoms with Crippen LogP contribution in [-0.2, 0) is 16.1 Å². The van der Waals surface area contributed by atoms with Crippen LogP contribution in [-0.4, -0.2) is 33.2 Å². The fourth-order valence-electron chi connectivity index (χ4n) is 4.68. The maximum Gasteiger partial charge on any atom is 0.322 e. The highest BCUT2D eigenvalue weighted by Gasteiger charge is 2.48. The van der Waals surface area contributed by atoms with Gasteiger partial charge in [-0.3, -0.25) is 14.9 Å². The first-order valence-electron chi connectivity index (χ1n) is 11.2. The molecular formula is C25H24FN5O3. The Morgan fingerprint density at radius 3 is 2.44 bits per heavy atom. The Labute approximate surface area is 195 Å². The van der Waals surface area contributed by atoms with Gasteiger partial charge < -0.3 is 10.6 Å². The first kappa shape index (κ1) is 21.8. The van der Waals surface area contributed by atoms with Gasteiger partial charge in [-0.05, 0) is 62.1 Å². The molecule has 0 radical (unpaired) electrons. The SMILES string of the molecule is O=C1NC(=O)C2(CCC(C(=O)NCc3cn(-c4ccccc4)nc3-c3ccc(F)cc3)CC2)N1. The summed E-state index contributed by atoms with van der Waals surface area (Å²) in [5.41, 5.74) is 2.21. The van der Waals surface area contributed by atoms with Crippen LogP contribution in [0.2, 0.25) is 0 Å². The molecule has 0 bridgehead atoms. The number of para-hydroxylation sites is 1. The number of urea groups is 1. The molecule has 1 spiro atoms. The number of imide groups is 1. The monoisotopic (exact) mass is 461 g/mol. The van der Waals surface area contributed by atoms with Gasteiger partial charge in [0.15, 0.2) is 0 Å². The minimum Gasteiger partial charge on any atom is -0.352 e. The predicted molar refractivity (Wildman–Crippen MR) is 122 cm³/mol. The summed E-state index contributed by atoms with van der Waals surface area (Å²) < 4.78 is 15.2. The molecule has 1 aromatic heterocycles. The van der Waals surface area contributed by atoms with E-state index in [0.717, 1.165) is 16.8 Å². The molecule has 1 aliphatic heterocycles. The zero-order valence-corrected chi connectivity index (χ0v) is 18.4. The molecule has 8 nitrogen and oxygen atoms in total. The van der Waals surface area contributed by atoms with E-state index in [-0.39, 0.29) is 30.1 Å². The molecule has 2 fully saturated rings. The molecular weight excluding hydrogens is 437 g/mol. The van der Waals surface area contributed by atoms with E-state index in [4.69, 9.17) is 5.10 Å². The third kappa shape index (κ3) is 4.16. The molecule has 1 saturated carbocycles. The smallest absolute Gasteiger partial charge is 0.322 e. The van der Waals surface area contributed by atoms with Crippen molar-refractivity contribution in [2.24, 2.45) is 5.92 Å². The van der Waals surface area contributed by atoms with Crippen molar-refractivity contribution in [3.05, 3.63) is 72.2 Å². The first-order valence-corrected chi connectivity index (χ1v) is 11.2. The average Bonchev–Trinajstić information content (AvgIpc) is 3.39. The number of hydrogen-bond donors (Lipinski definition) is 3. The molecule has 2 aromatic carbocycles. The number of hydrogen-bond acceptors (Lipinski definition) is 4. The lowest BCUT2D eigenvalue weighted by atomic mass is 9.76. The number of nitrogens with one attached hydrogen (secondary N) is 3. The van der Waals surface area contributed by atoms with Crippen LogP contribution in [0.25, 0.3) is 16.9 Å². The average molecular weight is 461 g/mol. The summed E-state index contributed by atoms with van der Waals surface area (Å²) in [4.78, 5) is 36.6. The fraction of sp³-hybridized carbons (Fsp3) is 0.280. The molecule has 0 atom stereocenters. The largest absolute Gasteiger partial charge is 0.352 e. The van der Waals surface area contributed by atoms with Gasteiger partial charge in [0.05, 0.1) is 11.4 Å². The van der Waals surface area contributed by atoms with Gasteiger partial charge in [-0.25, -0.2) is 13.9 Å². The van der Waals surface area contributed by atoms with Gasteiger partial charge in [-0.2, -0.15) is 5.10 Å². The lowest BCUT2D eigenvalue weighted by molar-refractivity contribution is -0.130. The Balaban J connectivity index is 1.30. The Morgan fingerprint density at radius 1 is 1.09 bits per heavy atom. The number of nitrogens with zero attached hydrogens (tertiary/aromatic N) is 2. The molecule has 4 amide bonds. The number of rotatable bonds is 5. The second kappa shape index (κ2) is 8.74. The lowest BCUT2D eigenvalue weighted by Gasteiger charge is -2.33. The summed E-state index contributed by atoms with van der Waals surface area (Å²) in [5, 5.41) is 12.7. The minimum absolute atomic E-state index is 0.0999. The first-order chi connectivity index (χ1) is 16.4. The Hall–Kier alpha value is -4.01. The van der Waals surface area contributed by atoms with Crippen molar-refractivity contribution in [2.75, 3.05) is 0 Å². The van der Waals surface area contributed by atoms with Crippen molar-refractivity contribution in [2.45, 2.75) is 37.8 Å². The minimum atomic E-state index is -0.888. The Kier molecular flexibility index (Phi) is 5.61. The van der Waals surface area contributed by atoms with Crippen LogP contribution in [0.3, 0.4) is 0 Å². The number of benzene rings is 2. The number of amides is 4. The van der Waals surface area contributed by atoms with Crippen LogP contribution in [0.4, 0.5) is 9.18 Å². The van der Waals surface area contributed by atoms with Gasteiger partial charge in [-0.1, -0.05) is 18.2 Å². The van der Waals surface area contributed by atoms with E-state index in [1.165, 1.54) is 12.1 Å². The number of halogens is 1. The molecule has 174 valence electrons. The topological polar surface area (TPSA) is 105 Å². The normalized spacial score (nSPS) is 21.9. The van der Waals surface area contributed by atoms with E-state index in [2.05, 4.69) is 16.0 Å². The maximum absolute atomic E-state index is 13.5. The summed E-state index contributed by atoms with van der Waals surface area (Å²) >= 11 is 0. The quantitative estimate of drug-likeness (QED) is 0.508. The van der Waals surface area contributed by atoms with Crippen molar-refractivity contribution in [3.63, 3.8) is 0 Å². The molecule has 34 heavy (non-hydrogen) atoms. The second-order valence-electron chi connectivity index (χ2n) is 8.77. The number of carbonyl (C=O) groups excluding carboxylic acids is 3. The molecule has 1 saturated heterocycles. The second-order valence-corrected chi connectivity index (χ2v) is 8.77. The molecule has 2 heterocycles. The Morgan fingerprint density at radius 2 is 1.79 bits per heavy atom. The molecule has 0 unspecified atom stereocenters. The van der Waals surface area contributed by atoms with Gasteiger partial charge >= 0.3 is 6.03 Å². The highest BCUT2D eigenvalue weighted by atomic mass is 19.1. The molecule has 3 aromatic rings. The van der Waals surface area contributed by atoms with E-state index in [1.807, 2.05) is 36.5 Å². The van der Waals surface area contributed by atoms with Crippen LogP contribution in [0.1, 0.15) is 31.2 Å². The summed E-state index contributed by atoms with van der Waals surface area (Å²) in [5.74, 6) is -0.983. The van der Waals surface area contributed by atoms with Gasteiger partial charge in [-0.15, -0.1) is 0 Å². The summed E-state index contributed by atoms with van der Waals surface area (Å²) in [6.45, 7) is 0.261. The van der Waals surface area contributed by atoms with Crippen LogP contribution in [0, 0.1) is 11.7 Å². The van der Waals surface area contributed by atoms with E-state index in [9.17, 15) is 18.8 Å². The van der Waals surface area contributed by atoms with E-state index < -0.39 is 11.6 Å². The van der Waals surface area contributed by atoms with E-state index in [1.54, 1.807) is 16.8 Å². The molecule has 3 N–H and O–H groups in total. The van der Waals surface area contributed by atoms with Gasteiger partial charge in [0.1, 0.15) is 11.4 Å². The third-order valence-electron chi connectivity index (χ3n) is 6.61. The lowest BCUT2D eigenvalue weighted by Crippen LogP contribution is -2.50. The van der Waals surface area contributed by atoms with E-state index >= 15 is 0 Å². The molecule has 1 aliphatic carbocycles. The van der Waals surface area contributed by atoms with Crippen molar-refractivity contribution in [3.8, 4) is 16.9 Å². The van der Waals surface area contributed by atoms with E-state index in [0.29, 0.717) is 31.4 Å². The van der Waals surface area contributed by atoms with Crippen molar-refractivity contribution in [1.29, 1.82) is 0 Å². The fourth-order valence-corrected chi connectivity index (χ4v) is 4.68. The summed E-state index contributed by atoms with van der Waals surface area (Å²) in [7, 11) is 0. The highest BCUT2D eigenvalue weighted by Crippen LogP contribution is 2.34. The van der Waals surface area contributed by atoms with Crippen molar-refractivity contribution < 1.29 is 18.8 Å². The predicted octanol–water partition coefficient (Wildman–Crippen LogP) is 3.06. The van der Waals surface area contributed by atoms with Crippen molar-refractivity contribution in [1.82, 2.24) is 25.7 Å². The number of carbonyl (C=O) groups is 3. The number of aromatic nitrogens is 2. The van der Waals surface area contributed by atoms with Crippen LogP contribution in [0.5, 0.6) is 0 Å². The van der Waals surface area contributed by atoms with Gasteiger partial charge in [0.25, 0.3) is 5.91 Å². The molecule has 2 aliphatic rings. The van der Waals surface area contributed by atoms with Crippen LogP contribution < -0.4 is 16.0 Å². The highest BCUT2D eigenvalue weighted by molar-refractivity contribution is 6.07. The summed E-state index contributed by atoms with van der Waals surface area (Å²) in [6.07, 6.45) is 3.73. The zero-order chi connectivity index (χ0) is 23.7. The van der Waals surface area contributed by atoms with Crippen molar-refractivity contribution >= 4 is 17.8 Å². The molecule has 9 heteroatoms. The summed E-state index contributed by atoms with van der Waals surface area (Å²) in [6, 6.07) is 15.2. The standard InChI is InChI=1S/C25H24FN5O3/c26-19-8-6-16(7-9-19)21-18(15-31(30-21)20-4-2-1-3-5-20)14-27-22(32)17-10-12-25(13-11-17)23(33)28-24(34)29-25/h1-9,15,17H,10-14H2,(H,27,32)(H2,28,29,33,34). The molecule has 5 rings (SSSR count). The Bertz CT molecular complexity index is 1230. The van der Waals surface area contributed by atoms with Gasteiger partial charge in [0.2, 0.25) is 5.91 Å².